The van der Waals surface area contributed by atoms with Gasteiger partial charge in [0, 0.05) is 11.6 Å². The zero-order chi connectivity index (χ0) is 23.5. The summed E-state index contributed by atoms with van der Waals surface area (Å²) in [6, 6.07) is 17.5. The molecule has 0 saturated heterocycles. The van der Waals surface area contributed by atoms with Crippen LogP contribution >= 0.6 is 23.2 Å². The van der Waals surface area contributed by atoms with Gasteiger partial charge in [-0.2, -0.15) is 4.31 Å². The maximum atomic E-state index is 13.7. The molecule has 0 fully saturated rings. The van der Waals surface area contributed by atoms with Gasteiger partial charge in [0.15, 0.2) is 0 Å². The molecule has 3 rings (SSSR count). The van der Waals surface area contributed by atoms with E-state index in [9.17, 15) is 13.2 Å². The van der Waals surface area contributed by atoms with Crippen molar-refractivity contribution in [3.63, 3.8) is 0 Å². The Bertz CT molecular complexity index is 1220. The summed E-state index contributed by atoms with van der Waals surface area (Å²) in [5.41, 5.74) is 3.34. The lowest BCUT2D eigenvalue weighted by Gasteiger charge is -2.24. The van der Waals surface area contributed by atoms with Crippen molar-refractivity contribution < 1.29 is 13.2 Å². The lowest BCUT2D eigenvalue weighted by Crippen LogP contribution is -2.38. The topological polar surface area (TPSA) is 66.5 Å². The number of rotatable bonds is 7. The van der Waals surface area contributed by atoms with E-state index < -0.39 is 15.9 Å². The molecule has 0 atom stereocenters. The van der Waals surface area contributed by atoms with E-state index in [2.05, 4.69) is 5.32 Å². The first-order valence-electron chi connectivity index (χ1n) is 9.95. The Morgan fingerprint density at radius 2 is 1.56 bits per heavy atom. The number of amides is 1. The molecule has 8 heteroatoms. The minimum atomic E-state index is -3.97. The third kappa shape index (κ3) is 5.70. The molecule has 0 spiro atoms. The molecule has 0 aromatic heterocycles. The van der Waals surface area contributed by atoms with Gasteiger partial charge >= 0.3 is 0 Å². The fourth-order valence-corrected chi connectivity index (χ4v) is 5.79. The molecule has 0 heterocycles. The fourth-order valence-electron chi connectivity index (χ4n) is 3.66. The number of sulfonamides is 1. The molecular weight excluding hydrogens is 467 g/mol. The fraction of sp³-hybridized carbons (Fsp3) is 0.208. The number of aryl methyl sites for hydroxylation is 3. The van der Waals surface area contributed by atoms with Crippen LogP contribution in [-0.4, -0.2) is 25.2 Å². The molecule has 5 nitrogen and oxygen atoms in total. The molecule has 3 aromatic carbocycles. The van der Waals surface area contributed by atoms with Crippen molar-refractivity contribution in [3.05, 3.63) is 93.0 Å². The third-order valence-corrected chi connectivity index (χ3v) is 7.59. The van der Waals surface area contributed by atoms with Crippen LogP contribution in [0.2, 0.25) is 10.0 Å². The molecule has 1 amide bonds. The number of hydrogen-bond donors (Lipinski definition) is 1. The highest BCUT2D eigenvalue weighted by Crippen LogP contribution is 2.28. The van der Waals surface area contributed by atoms with Crippen molar-refractivity contribution in [2.45, 2.75) is 32.2 Å². The Morgan fingerprint density at radius 3 is 2.19 bits per heavy atom. The van der Waals surface area contributed by atoms with Crippen LogP contribution in [0.1, 0.15) is 22.3 Å². The van der Waals surface area contributed by atoms with Crippen molar-refractivity contribution in [3.8, 4) is 0 Å². The Kier molecular flexibility index (Phi) is 7.62. The molecule has 0 aliphatic carbocycles. The van der Waals surface area contributed by atoms with E-state index in [4.69, 9.17) is 23.2 Å². The van der Waals surface area contributed by atoms with Crippen molar-refractivity contribution in [1.29, 1.82) is 0 Å². The Hall–Kier alpha value is -2.38. The molecule has 0 saturated carbocycles. The third-order valence-electron chi connectivity index (χ3n) is 4.93. The predicted octanol–water partition coefficient (Wildman–Crippen LogP) is 5.75. The van der Waals surface area contributed by atoms with Gasteiger partial charge in [0.25, 0.3) is 0 Å². The lowest BCUT2D eigenvalue weighted by atomic mass is 10.1. The highest BCUT2D eigenvalue weighted by atomic mass is 35.5. The molecule has 3 aromatic rings. The molecule has 32 heavy (non-hydrogen) atoms. The van der Waals surface area contributed by atoms with Crippen LogP contribution in [0, 0.1) is 20.8 Å². The number of nitrogens with one attached hydrogen (secondary N) is 1. The second kappa shape index (κ2) is 10.0. The van der Waals surface area contributed by atoms with Crippen LogP contribution in [0.4, 0.5) is 5.69 Å². The molecule has 0 aliphatic rings. The van der Waals surface area contributed by atoms with Gasteiger partial charge < -0.3 is 5.32 Å². The monoisotopic (exact) mass is 490 g/mol. The van der Waals surface area contributed by atoms with Crippen molar-refractivity contribution >= 4 is 44.8 Å². The minimum absolute atomic E-state index is 0.0482. The van der Waals surface area contributed by atoms with Crippen LogP contribution in [-0.2, 0) is 21.4 Å². The van der Waals surface area contributed by atoms with E-state index in [1.54, 1.807) is 26.0 Å². The number of halogens is 2. The summed E-state index contributed by atoms with van der Waals surface area (Å²) in [5.74, 6) is -0.518. The Morgan fingerprint density at radius 1 is 0.938 bits per heavy atom. The van der Waals surface area contributed by atoms with E-state index in [-0.39, 0.29) is 18.0 Å². The van der Waals surface area contributed by atoms with Gasteiger partial charge in [-0.1, -0.05) is 71.2 Å². The number of carbonyl (C=O) groups is 1. The minimum Gasteiger partial charge on any atom is -0.324 e. The number of nitrogens with zero attached hydrogens (tertiary/aromatic N) is 1. The summed E-state index contributed by atoms with van der Waals surface area (Å²) in [6.45, 7) is 5.11. The molecular formula is C24H24Cl2N2O3S. The normalized spacial score (nSPS) is 11.6. The van der Waals surface area contributed by atoms with Gasteiger partial charge in [-0.3, -0.25) is 4.79 Å². The highest BCUT2D eigenvalue weighted by Gasteiger charge is 2.30. The van der Waals surface area contributed by atoms with Gasteiger partial charge in [0.1, 0.15) is 0 Å². The summed E-state index contributed by atoms with van der Waals surface area (Å²) in [7, 11) is -3.97. The average Bonchev–Trinajstić information content (AvgIpc) is 2.70. The van der Waals surface area contributed by atoms with Crippen LogP contribution in [0.3, 0.4) is 0 Å². The molecule has 168 valence electrons. The first kappa shape index (κ1) is 24.3. The maximum Gasteiger partial charge on any atom is 0.244 e. The lowest BCUT2D eigenvalue weighted by molar-refractivity contribution is -0.116. The van der Waals surface area contributed by atoms with Gasteiger partial charge in [0.2, 0.25) is 15.9 Å². The molecule has 1 N–H and O–H groups in total. The van der Waals surface area contributed by atoms with Crippen molar-refractivity contribution in [2.24, 2.45) is 0 Å². The molecule has 0 unspecified atom stereocenters. The summed E-state index contributed by atoms with van der Waals surface area (Å²) < 4.78 is 28.6. The second-order valence-corrected chi connectivity index (χ2v) is 10.4. The second-order valence-electron chi connectivity index (χ2n) is 7.66. The van der Waals surface area contributed by atoms with Crippen LogP contribution in [0.25, 0.3) is 0 Å². The smallest absolute Gasteiger partial charge is 0.244 e. The van der Waals surface area contributed by atoms with Crippen LogP contribution < -0.4 is 5.32 Å². The van der Waals surface area contributed by atoms with E-state index in [0.29, 0.717) is 26.9 Å². The summed E-state index contributed by atoms with van der Waals surface area (Å²) in [5, 5.41) is 3.39. The maximum absolute atomic E-state index is 13.7. The van der Waals surface area contributed by atoms with Crippen LogP contribution in [0.15, 0.2) is 65.6 Å². The van der Waals surface area contributed by atoms with Gasteiger partial charge in [-0.05, 0) is 55.7 Å². The average molecular weight is 491 g/mol. The van der Waals surface area contributed by atoms with Crippen molar-refractivity contribution in [1.82, 2.24) is 4.31 Å². The van der Waals surface area contributed by atoms with Crippen LogP contribution in [0.5, 0.6) is 0 Å². The summed E-state index contributed by atoms with van der Waals surface area (Å²) in [6.07, 6.45) is 0. The highest BCUT2D eigenvalue weighted by molar-refractivity contribution is 7.89. The standard InChI is InChI=1S/C24H24Cl2N2O3S/c1-16-11-17(2)24(18(3)12-16)32(30,31)28(14-19-7-5-4-6-8-19)15-23(29)27-22-13-20(25)9-10-21(22)26/h4-13H,14-15H2,1-3H3,(H,27,29). The van der Waals surface area contributed by atoms with Gasteiger partial charge in [-0.15, -0.1) is 0 Å². The van der Waals surface area contributed by atoms with E-state index in [1.165, 1.54) is 10.4 Å². The molecule has 0 aliphatic heterocycles. The Labute approximate surface area is 199 Å². The van der Waals surface area contributed by atoms with Gasteiger partial charge in [0.05, 0.1) is 22.2 Å². The zero-order valence-corrected chi connectivity index (χ0v) is 20.4. The Balaban J connectivity index is 1.97. The summed E-state index contributed by atoms with van der Waals surface area (Å²) >= 11 is 12.1. The first-order chi connectivity index (χ1) is 15.1. The largest absolute Gasteiger partial charge is 0.324 e. The van der Waals surface area contributed by atoms with Gasteiger partial charge in [-0.25, -0.2) is 8.42 Å². The predicted molar refractivity (Wildman–Crippen MR) is 130 cm³/mol. The van der Waals surface area contributed by atoms with E-state index in [0.717, 1.165) is 11.1 Å². The van der Waals surface area contributed by atoms with E-state index >= 15 is 0 Å². The summed E-state index contributed by atoms with van der Waals surface area (Å²) in [4.78, 5) is 13.1. The number of benzene rings is 3. The van der Waals surface area contributed by atoms with E-state index in [1.807, 2.05) is 49.4 Å². The molecule has 0 bridgehead atoms. The SMILES string of the molecule is Cc1cc(C)c(S(=O)(=O)N(CC(=O)Nc2cc(Cl)ccc2Cl)Cc2ccccc2)c(C)c1. The van der Waals surface area contributed by atoms with Crippen molar-refractivity contribution in [2.75, 3.05) is 11.9 Å². The zero-order valence-electron chi connectivity index (χ0n) is 18.0. The number of carbonyl (C=O) groups excluding carboxylic acids is 1. The number of hydrogen-bond acceptors (Lipinski definition) is 3. The quantitative estimate of drug-likeness (QED) is 0.458. The number of anilines is 1. The molecule has 0 radical (unpaired) electrons. The first-order valence-corrected chi connectivity index (χ1v) is 12.1.